The molecule has 0 atom stereocenters. The van der Waals surface area contributed by atoms with Gasteiger partial charge < -0.3 is 9.64 Å². The monoisotopic (exact) mass is 332 g/mol. The van der Waals surface area contributed by atoms with Crippen molar-refractivity contribution in [1.82, 2.24) is 9.80 Å². The molecule has 134 valence electrons. The minimum absolute atomic E-state index is 0.210. The Kier molecular flexibility index (Phi) is 7.57. The maximum atomic E-state index is 12.4. The van der Waals surface area contributed by atoms with Crippen LogP contribution < -0.4 is 4.74 Å². The van der Waals surface area contributed by atoms with Gasteiger partial charge in [-0.15, -0.1) is 0 Å². The number of ether oxygens (including phenoxy) is 1. The topological polar surface area (TPSA) is 32.8 Å². The Morgan fingerprint density at radius 2 is 1.79 bits per heavy atom. The van der Waals surface area contributed by atoms with E-state index in [4.69, 9.17) is 4.74 Å². The molecule has 1 heterocycles. The van der Waals surface area contributed by atoms with Crippen molar-refractivity contribution >= 4 is 5.91 Å². The Morgan fingerprint density at radius 1 is 1.12 bits per heavy atom. The molecule has 1 aliphatic heterocycles. The van der Waals surface area contributed by atoms with Gasteiger partial charge >= 0.3 is 0 Å². The van der Waals surface area contributed by atoms with Crippen LogP contribution in [0, 0.1) is 5.92 Å². The van der Waals surface area contributed by atoms with Crippen molar-refractivity contribution in [1.29, 1.82) is 0 Å². The summed E-state index contributed by atoms with van der Waals surface area (Å²) < 4.78 is 5.41. The van der Waals surface area contributed by atoms with E-state index in [-0.39, 0.29) is 5.92 Å². The summed E-state index contributed by atoms with van der Waals surface area (Å²) >= 11 is 0. The van der Waals surface area contributed by atoms with Crippen molar-refractivity contribution in [3.63, 3.8) is 0 Å². The van der Waals surface area contributed by atoms with Crippen molar-refractivity contribution in [2.45, 2.75) is 39.5 Å². The second-order valence-corrected chi connectivity index (χ2v) is 6.60. The lowest BCUT2D eigenvalue weighted by atomic mass is 10.0. The lowest BCUT2D eigenvalue weighted by Gasteiger charge is -2.36. The molecule has 0 bridgehead atoms. The molecule has 0 N–H and O–H groups in total. The number of hydrogen-bond donors (Lipinski definition) is 0. The number of carbonyl (C=O) groups excluding carboxylic acids is 1. The molecule has 1 saturated heterocycles. The summed E-state index contributed by atoms with van der Waals surface area (Å²) in [5.74, 6) is 1.55. The molecule has 0 spiro atoms. The minimum Gasteiger partial charge on any atom is -0.496 e. The molecule has 4 heteroatoms. The molecule has 1 aliphatic rings. The van der Waals surface area contributed by atoms with Crippen molar-refractivity contribution < 1.29 is 9.53 Å². The first-order valence-electron chi connectivity index (χ1n) is 9.32. The van der Waals surface area contributed by atoms with Crippen molar-refractivity contribution in [2.24, 2.45) is 5.92 Å². The summed E-state index contributed by atoms with van der Waals surface area (Å²) in [6.07, 6.45) is 4.07. The number of benzene rings is 1. The average molecular weight is 332 g/mol. The molecular formula is C20H32N2O2. The number of methoxy groups -OCH3 is 1. The van der Waals surface area contributed by atoms with Gasteiger partial charge in [-0.25, -0.2) is 0 Å². The highest BCUT2D eigenvalue weighted by atomic mass is 16.5. The first-order valence-corrected chi connectivity index (χ1v) is 9.32. The van der Waals surface area contributed by atoms with Crippen LogP contribution in [0.15, 0.2) is 24.3 Å². The fraction of sp³-hybridized carbons (Fsp3) is 0.650. The lowest BCUT2D eigenvalue weighted by molar-refractivity contribution is -0.137. The van der Waals surface area contributed by atoms with Gasteiger partial charge in [-0.1, -0.05) is 32.0 Å². The van der Waals surface area contributed by atoms with Crippen molar-refractivity contribution in [3.05, 3.63) is 29.8 Å². The van der Waals surface area contributed by atoms with Crippen LogP contribution in [0.2, 0.25) is 0 Å². The molecular weight excluding hydrogens is 300 g/mol. The summed E-state index contributed by atoms with van der Waals surface area (Å²) in [5, 5.41) is 0. The quantitative estimate of drug-likeness (QED) is 0.733. The van der Waals surface area contributed by atoms with Crippen LogP contribution >= 0.6 is 0 Å². The lowest BCUT2D eigenvalue weighted by Crippen LogP contribution is -2.50. The van der Waals surface area contributed by atoms with Crippen LogP contribution in [0.4, 0.5) is 0 Å². The van der Waals surface area contributed by atoms with Gasteiger partial charge in [0.05, 0.1) is 7.11 Å². The van der Waals surface area contributed by atoms with Crippen LogP contribution in [0.25, 0.3) is 0 Å². The van der Waals surface area contributed by atoms with Gasteiger partial charge in [-0.05, 0) is 43.9 Å². The SMILES string of the molecule is CCC(CC)C(=O)N1CCN(CCCc2ccccc2OC)CC1. The highest BCUT2D eigenvalue weighted by molar-refractivity contribution is 5.78. The summed E-state index contributed by atoms with van der Waals surface area (Å²) in [4.78, 5) is 17.0. The molecule has 0 aliphatic carbocycles. The number of nitrogens with zero attached hydrogens (tertiary/aromatic N) is 2. The van der Waals surface area contributed by atoms with Gasteiger partial charge in [0, 0.05) is 32.1 Å². The minimum atomic E-state index is 0.210. The maximum absolute atomic E-state index is 12.4. The maximum Gasteiger partial charge on any atom is 0.225 e. The van der Waals surface area contributed by atoms with Gasteiger partial charge in [-0.2, -0.15) is 0 Å². The molecule has 4 nitrogen and oxygen atoms in total. The molecule has 0 aromatic heterocycles. The highest BCUT2D eigenvalue weighted by Crippen LogP contribution is 2.19. The first-order chi connectivity index (χ1) is 11.7. The molecule has 24 heavy (non-hydrogen) atoms. The second kappa shape index (κ2) is 9.67. The zero-order chi connectivity index (χ0) is 17.4. The van der Waals surface area contributed by atoms with Crippen molar-refractivity contribution in [3.8, 4) is 5.75 Å². The van der Waals surface area contributed by atoms with Gasteiger partial charge in [0.15, 0.2) is 0 Å². The number of aryl methyl sites for hydroxylation is 1. The molecule has 1 aromatic carbocycles. The van der Waals surface area contributed by atoms with Crippen LogP contribution in [-0.4, -0.2) is 55.5 Å². The third-order valence-corrected chi connectivity index (χ3v) is 5.13. The van der Waals surface area contributed by atoms with E-state index in [0.717, 1.165) is 64.2 Å². The van der Waals surface area contributed by atoms with E-state index in [1.165, 1.54) is 5.56 Å². The highest BCUT2D eigenvalue weighted by Gasteiger charge is 2.25. The summed E-state index contributed by atoms with van der Waals surface area (Å²) in [5.41, 5.74) is 1.28. The summed E-state index contributed by atoms with van der Waals surface area (Å²) in [6.45, 7) is 9.06. The predicted molar refractivity (Wildman–Crippen MR) is 98.4 cm³/mol. The Morgan fingerprint density at radius 3 is 2.42 bits per heavy atom. The Labute approximate surface area is 146 Å². The standard InChI is InChI=1S/C20H32N2O2/c1-4-17(5-2)20(23)22-15-13-21(14-16-22)12-8-10-18-9-6-7-11-19(18)24-3/h6-7,9,11,17H,4-5,8,10,12-16H2,1-3H3. The summed E-state index contributed by atoms with van der Waals surface area (Å²) in [7, 11) is 1.73. The van der Waals surface area contributed by atoms with Crippen LogP contribution in [0.3, 0.4) is 0 Å². The average Bonchev–Trinajstić information content (AvgIpc) is 2.63. The third-order valence-electron chi connectivity index (χ3n) is 5.13. The molecule has 0 saturated carbocycles. The van der Waals surface area contributed by atoms with Gasteiger partial charge in [0.1, 0.15) is 5.75 Å². The van der Waals surface area contributed by atoms with Gasteiger partial charge in [-0.3, -0.25) is 9.69 Å². The van der Waals surface area contributed by atoms with Gasteiger partial charge in [0.25, 0.3) is 0 Å². The number of para-hydroxylation sites is 1. The van der Waals surface area contributed by atoms with Gasteiger partial charge in [0.2, 0.25) is 5.91 Å². The Hall–Kier alpha value is -1.55. The number of carbonyl (C=O) groups is 1. The van der Waals surface area contributed by atoms with E-state index in [2.05, 4.69) is 35.8 Å². The van der Waals surface area contributed by atoms with E-state index >= 15 is 0 Å². The smallest absolute Gasteiger partial charge is 0.225 e. The number of rotatable bonds is 8. The number of hydrogen-bond acceptors (Lipinski definition) is 3. The van der Waals surface area contributed by atoms with Crippen LogP contribution in [0.1, 0.15) is 38.7 Å². The number of amides is 1. The Bertz CT molecular complexity index is 506. The van der Waals surface area contributed by atoms with E-state index < -0.39 is 0 Å². The van der Waals surface area contributed by atoms with Crippen LogP contribution in [-0.2, 0) is 11.2 Å². The zero-order valence-electron chi connectivity index (χ0n) is 15.5. The summed E-state index contributed by atoms with van der Waals surface area (Å²) in [6, 6.07) is 8.25. The fourth-order valence-corrected chi connectivity index (χ4v) is 3.49. The molecule has 0 unspecified atom stereocenters. The third kappa shape index (κ3) is 4.97. The van der Waals surface area contributed by atoms with Crippen LogP contribution in [0.5, 0.6) is 5.75 Å². The predicted octanol–water partition coefficient (Wildman–Crippen LogP) is 3.21. The molecule has 1 aromatic rings. The number of piperazine rings is 1. The van der Waals surface area contributed by atoms with E-state index in [0.29, 0.717) is 5.91 Å². The molecule has 1 fully saturated rings. The van der Waals surface area contributed by atoms with Crippen molar-refractivity contribution in [2.75, 3.05) is 39.8 Å². The normalized spacial score (nSPS) is 15.8. The van der Waals surface area contributed by atoms with E-state index in [1.54, 1.807) is 7.11 Å². The van der Waals surface area contributed by atoms with E-state index in [1.807, 2.05) is 12.1 Å². The molecule has 1 amide bonds. The molecule has 2 rings (SSSR count). The van der Waals surface area contributed by atoms with E-state index in [9.17, 15) is 4.79 Å². The molecule has 0 radical (unpaired) electrons. The largest absolute Gasteiger partial charge is 0.496 e. The first kappa shape index (κ1) is 18.8. The fourth-order valence-electron chi connectivity index (χ4n) is 3.49. The second-order valence-electron chi connectivity index (χ2n) is 6.60. The Balaban J connectivity index is 1.72. The zero-order valence-corrected chi connectivity index (χ0v) is 15.5.